The van der Waals surface area contributed by atoms with E-state index in [-0.39, 0.29) is 5.91 Å². The minimum Gasteiger partial charge on any atom is -0.312 e. The lowest BCUT2D eigenvalue weighted by atomic mass is 10.6. The molecule has 0 fully saturated rings. The van der Waals surface area contributed by atoms with Crippen LogP contribution in [-0.2, 0) is 4.79 Å². The third-order valence-electron chi connectivity index (χ3n) is 0.691. The average molecular weight is 193 g/mol. The van der Waals surface area contributed by atoms with E-state index >= 15 is 0 Å². The second-order valence-electron chi connectivity index (χ2n) is 2.56. The van der Waals surface area contributed by atoms with E-state index in [0.717, 1.165) is 4.42 Å². The van der Waals surface area contributed by atoms with Crippen LogP contribution in [0.5, 0.6) is 0 Å². The highest BCUT2D eigenvalue weighted by Gasteiger charge is 2.00. The van der Waals surface area contributed by atoms with Crippen molar-refractivity contribution in [3.8, 4) is 0 Å². The van der Waals surface area contributed by atoms with Crippen LogP contribution in [0.25, 0.3) is 0 Å². The van der Waals surface area contributed by atoms with Crippen LogP contribution in [0.15, 0.2) is 12.7 Å². The number of amides is 1. The molecule has 0 heterocycles. The summed E-state index contributed by atoms with van der Waals surface area (Å²) < 4.78 is 1.06. The molecule has 0 atom stereocenters. The van der Waals surface area contributed by atoms with Crippen molar-refractivity contribution in [3.63, 3.8) is 0 Å². The molecule has 0 aliphatic heterocycles. The Bertz CT molecular complexity index is 134. The highest BCUT2D eigenvalue weighted by atomic mass is 35.5. The molecule has 0 aromatic rings. The first-order valence-electron chi connectivity index (χ1n) is 3.66. The highest BCUT2D eigenvalue weighted by molar-refractivity contribution is 6.22. The minimum atomic E-state index is -0.255. The first-order chi connectivity index (χ1) is 5.45. The zero-order valence-electron chi connectivity index (χ0n) is 8.17. The van der Waals surface area contributed by atoms with Gasteiger partial charge in [-0.15, -0.1) is 0 Å². The number of rotatable bonds is 2. The SMILES string of the molecule is C=CC(=O)N(Cl)CC.CN(C)C. The molecular weight excluding hydrogens is 176 g/mol. The predicted octanol–water partition coefficient (Wildman–Crippen LogP) is 1.35. The first-order valence-corrected chi connectivity index (χ1v) is 4.00. The summed E-state index contributed by atoms with van der Waals surface area (Å²) in [6, 6.07) is 0. The first kappa shape index (κ1) is 14.0. The molecule has 72 valence electrons. The fraction of sp³-hybridized carbons (Fsp3) is 0.625. The Balaban J connectivity index is 0. The predicted molar refractivity (Wildman–Crippen MR) is 53.0 cm³/mol. The normalized spacial score (nSPS) is 8.50. The molecule has 3 nitrogen and oxygen atoms in total. The number of hydrogen-bond donors (Lipinski definition) is 0. The van der Waals surface area contributed by atoms with Crippen LogP contribution in [-0.4, -0.2) is 42.9 Å². The molecule has 1 amide bonds. The summed E-state index contributed by atoms with van der Waals surface area (Å²) >= 11 is 5.33. The third-order valence-corrected chi connectivity index (χ3v) is 1.10. The smallest absolute Gasteiger partial charge is 0.260 e. The van der Waals surface area contributed by atoms with Crippen molar-refractivity contribution in [3.05, 3.63) is 12.7 Å². The number of likely N-dealkylation sites (N-methyl/N-ethyl adjacent to an activating group) is 1. The van der Waals surface area contributed by atoms with Crippen molar-refractivity contribution in [2.45, 2.75) is 6.92 Å². The summed E-state index contributed by atoms with van der Waals surface area (Å²) in [6.07, 6.45) is 1.18. The molecule has 4 heteroatoms. The van der Waals surface area contributed by atoms with Crippen LogP contribution in [0.4, 0.5) is 0 Å². The van der Waals surface area contributed by atoms with E-state index in [9.17, 15) is 4.79 Å². The maximum absolute atomic E-state index is 10.4. The van der Waals surface area contributed by atoms with E-state index < -0.39 is 0 Å². The van der Waals surface area contributed by atoms with Crippen molar-refractivity contribution < 1.29 is 4.79 Å². The Morgan fingerprint density at radius 2 is 1.83 bits per heavy atom. The summed E-state index contributed by atoms with van der Waals surface area (Å²) in [6.45, 7) is 5.55. The summed E-state index contributed by atoms with van der Waals surface area (Å²) in [7, 11) is 6.00. The van der Waals surface area contributed by atoms with Crippen molar-refractivity contribution in [1.82, 2.24) is 9.32 Å². The molecule has 0 N–H and O–H groups in total. The van der Waals surface area contributed by atoms with Gasteiger partial charge in [-0.25, -0.2) is 0 Å². The molecule has 0 bridgehead atoms. The Morgan fingerprint density at radius 1 is 1.50 bits per heavy atom. The van der Waals surface area contributed by atoms with Crippen molar-refractivity contribution in [2.75, 3.05) is 27.7 Å². The quantitative estimate of drug-likeness (QED) is 0.487. The Morgan fingerprint density at radius 3 is 1.92 bits per heavy atom. The summed E-state index contributed by atoms with van der Waals surface area (Å²) in [5.74, 6) is -0.255. The van der Waals surface area contributed by atoms with Crippen LogP contribution in [0, 0.1) is 0 Å². The Kier molecular flexibility index (Phi) is 9.99. The maximum atomic E-state index is 10.4. The zero-order chi connectivity index (χ0) is 10.1. The monoisotopic (exact) mass is 192 g/mol. The zero-order valence-corrected chi connectivity index (χ0v) is 8.93. The van der Waals surface area contributed by atoms with Crippen LogP contribution in [0.3, 0.4) is 0 Å². The van der Waals surface area contributed by atoms with Crippen LogP contribution >= 0.6 is 11.8 Å². The van der Waals surface area contributed by atoms with Gasteiger partial charge in [0.15, 0.2) is 0 Å². The molecular formula is C8H17ClN2O. The number of carbonyl (C=O) groups is 1. The van der Waals surface area contributed by atoms with Gasteiger partial charge in [0.2, 0.25) is 0 Å². The Labute approximate surface area is 79.7 Å². The van der Waals surface area contributed by atoms with Gasteiger partial charge in [0, 0.05) is 18.3 Å². The van der Waals surface area contributed by atoms with Gasteiger partial charge < -0.3 is 4.90 Å². The van der Waals surface area contributed by atoms with Crippen molar-refractivity contribution in [1.29, 1.82) is 0 Å². The lowest BCUT2D eigenvalue weighted by Crippen LogP contribution is -2.17. The van der Waals surface area contributed by atoms with Crippen LogP contribution in [0.1, 0.15) is 6.92 Å². The molecule has 0 rings (SSSR count). The summed E-state index contributed by atoms with van der Waals surface area (Å²) in [5.41, 5.74) is 0. The standard InChI is InChI=1S/C5H8ClNO.C3H9N/c1-3-5(8)7(6)4-2;1-4(2)3/h3H,1,4H2,2H3;1-3H3. The van der Waals surface area contributed by atoms with Crippen LogP contribution < -0.4 is 0 Å². The van der Waals surface area contributed by atoms with Gasteiger partial charge in [0.25, 0.3) is 5.91 Å². The van der Waals surface area contributed by atoms with Gasteiger partial charge in [0.1, 0.15) is 0 Å². The number of carbonyl (C=O) groups excluding carboxylic acids is 1. The highest BCUT2D eigenvalue weighted by Crippen LogP contribution is 1.92. The largest absolute Gasteiger partial charge is 0.312 e. The molecule has 0 aliphatic carbocycles. The van der Waals surface area contributed by atoms with E-state index in [2.05, 4.69) is 6.58 Å². The number of halogens is 1. The second-order valence-corrected chi connectivity index (χ2v) is 2.97. The number of nitrogens with zero attached hydrogens (tertiary/aromatic N) is 2. The van der Waals surface area contributed by atoms with E-state index in [4.69, 9.17) is 11.8 Å². The van der Waals surface area contributed by atoms with Gasteiger partial charge in [-0.3, -0.25) is 9.21 Å². The molecule has 0 aliphatic rings. The number of hydrogen-bond acceptors (Lipinski definition) is 2. The second kappa shape index (κ2) is 8.56. The fourth-order valence-corrected chi connectivity index (χ4v) is 0.324. The van der Waals surface area contributed by atoms with Crippen molar-refractivity contribution >= 4 is 17.7 Å². The molecule has 0 spiro atoms. The van der Waals surface area contributed by atoms with Gasteiger partial charge in [0.05, 0.1) is 0 Å². The van der Waals surface area contributed by atoms with Gasteiger partial charge in [-0.05, 0) is 34.1 Å². The van der Waals surface area contributed by atoms with E-state index in [1.165, 1.54) is 6.08 Å². The van der Waals surface area contributed by atoms with Gasteiger partial charge in [-0.1, -0.05) is 6.58 Å². The average Bonchev–Trinajstić information content (AvgIpc) is 2.00. The Hall–Kier alpha value is -0.540. The topological polar surface area (TPSA) is 23.6 Å². The van der Waals surface area contributed by atoms with E-state index in [0.29, 0.717) is 6.54 Å². The van der Waals surface area contributed by atoms with Crippen molar-refractivity contribution in [2.24, 2.45) is 0 Å². The lowest BCUT2D eigenvalue weighted by Gasteiger charge is -2.05. The molecule has 0 aromatic heterocycles. The summed E-state index contributed by atoms with van der Waals surface area (Å²) in [4.78, 5) is 12.4. The molecule has 0 aromatic carbocycles. The molecule has 0 unspecified atom stereocenters. The van der Waals surface area contributed by atoms with Gasteiger partial charge >= 0.3 is 0 Å². The van der Waals surface area contributed by atoms with Crippen LogP contribution in [0.2, 0.25) is 0 Å². The lowest BCUT2D eigenvalue weighted by molar-refractivity contribution is -0.121. The maximum Gasteiger partial charge on any atom is 0.260 e. The molecule has 12 heavy (non-hydrogen) atoms. The summed E-state index contributed by atoms with van der Waals surface area (Å²) in [5, 5.41) is 0. The van der Waals surface area contributed by atoms with E-state index in [1.807, 2.05) is 26.0 Å². The molecule has 0 radical (unpaired) electrons. The third kappa shape index (κ3) is 12.2. The van der Waals surface area contributed by atoms with E-state index in [1.54, 1.807) is 6.92 Å². The molecule has 0 saturated carbocycles. The fourth-order valence-electron chi connectivity index (χ4n) is 0.255. The minimum absolute atomic E-state index is 0.255. The molecule has 0 saturated heterocycles. The van der Waals surface area contributed by atoms with Gasteiger partial charge in [-0.2, -0.15) is 0 Å².